The van der Waals surface area contributed by atoms with Gasteiger partial charge in [0, 0.05) is 6.04 Å². The summed E-state index contributed by atoms with van der Waals surface area (Å²) >= 11 is 0. The number of nitrogens with zero attached hydrogens (tertiary/aromatic N) is 1. The van der Waals surface area contributed by atoms with Gasteiger partial charge in [0.1, 0.15) is 5.60 Å². The molecule has 0 aliphatic carbocycles. The highest BCUT2D eigenvalue weighted by Gasteiger charge is 2.41. The zero-order valence-corrected chi connectivity index (χ0v) is 14.8. The molecule has 1 amide bonds. The monoisotopic (exact) mass is 313 g/mol. The van der Waals surface area contributed by atoms with Gasteiger partial charge in [0.25, 0.3) is 0 Å². The summed E-state index contributed by atoms with van der Waals surface area (Å²) in [7, 11) is 0. The first-order chi connectivity index (χ1) is 10.7. The molecule has 2 unspecified atom stereocenters. The minimum absolute atomic E-state index is 0.166. The van der Waals surface area contributed by atoms with Crippen molar-refractivity contribution in [2.45, 2.75) is 71.6 Å². The summed E-state index contributed by atoms with van der Waals surface area (Å²) in [4.78, 5) is 14.5. The Kier molecular flexibility index (Phi) is 3.99. The van der Waals surface area contributed by atoms with Crippen LogP contribution in [-0.4, -0.2) is 28.7 Å². The number of fused-ring (bicyclic) bond motifs is 2. The fourth-order valence-corrected chi connectivity index (χ4v) is 3.80. The molecular formula is C20H27NO2. The van der Waals surface area contributed by atoms with Crippen LogP contribution in [0.25, 0.3) is 5.57 Å². The summed E-state index contributed by atoms with van der Waals surface area (Å²) in [6.45, 7) is 10.1. The Hall–Kier alpha value is -1.77. The molecule has 3 heteroatoms. The Morgan fingerprint density at radius 1 is 1.22 bits per heavy atom. The first-order valence-electron chi connectivity index (χ1n) is 8.54. The second-order valence-corrected chi connectivity index (χ2v) is 7.90. The van der Waals surface area contributed by atoms with Gasteiger partial charge in [-0.2, -0.15) is 0 Å². The molecule has 1 fully saturated rings. The van der Waals surface area contributed by atoms with Gasteiger partial charge in [0.2, 0.25) is 0 Å². The Morgan fingerprint density at radius 2 is 1.96 bits per heavy atom. The smallest absolute Gasteiger partial charge is 0.411 e. The van der Waals surface area contributed by atoms with Crippen molar-refractivity contribution < 1.29 is 9.53 Å². The molecule has 124 valence electrons. The quantitative estimate of drug-likeness (QED) is 0.741. The Labute approximate surface area is 139 Å². The Morgan fingerprint density at radius 3 is 2.57 bits per heavy atom. The molecule has 1 aromatic carbocycles. The van der Waals surface area contributed by atoms with Crippen molar-refractivity contribution in [3.05, 3.63) is 41.0 Å². The molecule has 23 heavy (non-hydrogen) atoms. The summed E-state index contributed by atoms with van der Waals surface area (Å²) in [5.41, 5.74) is 4.89. The van der Waals surface area contributed by atoms with Crippen molar-refractivity contribution >= 4 is 11.7 Å². The van der Waals surface area contributed by atoms with Crippen LogP contribution in [-0.2, 0) is 4.74 Å². The number of hydrogen-bond acceptors (Lipinski definition) is 2. The molecule has 1 aromatic rings. The van der Waals surface area contributed by atoms with E-state index in [1.807, 2.05) is 25.7 Å². The number of hydrogen-bond donors (Lipinski definition) is 0. The number of rotatable bonds is 1. The molecule has 0 N–H and O–H groups in total. The number of carbonyl (C=O) groups excluding carboxylic acids is 1. The SMILES string of the molecule is Cc1ccc(C2=CC3CCC(C2)N3C(=O)OC(C)(C)C)c(C)c1. The zero-order chi connectivity index (χ0) is 16.8. The van der Waals surface area contributed by atoms with Crippen molar-refractivity contribution in [1.29, 1.82) is 0 Å². The van der Waals surface area contributed by atoms with Crippen LogP contribution in [0.1, 0.15) is 56.7 Å². The number of carbonyl (C=O) groups is 1. The maximum Gasteiger partial charge on any atom is 0.411 e. The van der Waals surface area contributed by atoms with Gasteiger partial charge >= 0.3 is 6.09 Å². The highest BCUT2D eigenvalue weighted by molar-refractivity contribution is 5.76. The Bertz CT molecular complexity index is 654. The van der Waals surface area contributed by atoms with Gasteiger partial charge in [0.05, 0.1) is 6.04 Å². The van der Waals surface area contributed by atoms with Crippen LogP contribution in [0.15, 0.2) is 24.3 Å². The van der Waals surface area contributed by atoms with Gasteiger partial charge in [-0.15, -0.1) is 0 Å². The van der Waals surface area contributed by atoms with E-state index in [1.165, 1.54) is 22.3 Å². The van der Waals surface area contributed by atoms with Crippen LogP contribution in [0.4, 0.5) is 4.79 Å². The fourth-order valence-electron chi connectivity index (χ4n) is 3.80. The number of aryl methyl sites for hydroxylation is 2. The lowest BCUT2D eigenvalue weighted by molar-refractivity contribution is 0.0175. The lowest BCUT2D eigenvalue weighted by atomic mass is 9.91. The molecular weight excluding hydrogens is 286 g/mol. The Balaban J connectivity index is 1.84. The molecule has 3 nitrogen and oxygen atoms in total. The zero-order valence-electron chi connectivity index (χ0n) is 14.8. The van der Waals surface area contributed by atoms with Crippen molar-refractivity contribution in [3.8, 4) is 0 Å². The first kappa shape index (κ1) is 16.1. The van der Waals surface area contributed by atoms with Crippen LogP contribution >= 0.6 is 0 Å². The van der Waals surface area contributed by atoms with Gasteiger partial charge in [-0.05, 0) is 70.6 Å². The highest BCUT2D eigenvalue weighted by Crippen LogP contribution is 2.40. The third kappa shape index (κ3) is 3.29. The summed E-state index contributed by atoms with van der Waals surface area (Å²) in [5, 5.41) is 0. The minimum atomic E-state index is -0.436. The van der Waals surface area contributed by atoms with Gasteiger partial charge in [-0.3, -0.25) is 4.90 Å². The molecule has 2 heterocycles. The number of amides is 1. The third-order valence-electron chi connectivity index (χ3n) is 4.73. The second-order valence-electron chi connectivity index (χ2n) is 7.90. The molecule has 0 aromatic heterocycles. The van der Waals surface area contributed by atoms with Crippen LogP contribution in [0.5, 0.6) is 0 Å². The van der Waals surface area contributed by atoms with Crippen LogP contribution in [0.2, 0.25) is 0 Å². The molecule has 0 spiro atoms. The predicted molar refractivity (Wildman–Crippen MR) is 93.4 cm³/mol. The predicted octanol–water partition coefficient (Wildman–Crippen LogP) is 4.86. The van der Waals surface area contributed by atoms with E-state index in [-0.39, 0.29) is 18.2 Å². The third-order valence-corrected chi connectivity index (χ3v) is 4.73. The fraction of sp³-hybridized carbons (Fsp3) is 0.550. The van der Waals surface area contributed by atoms with Gasteiger partial charge in [-0.1, -0.05) is 29.8 Å². The van der Waals surface area contributed by atoms with E-state index < -0.39 is 5.60 Å². The normalized spacial score (nSPS) is 23.7. The number of ether oxygens (including phenoxy) is 1. The van der Waals surface area contributed by atoms with E-state index in [4.69, 9.17) is 4.74 Å². The molecule has 0 radical (unpaired) electrons. The first-order valence-corrected chi connectivity index (χ1v) is 8.54. The minimum Gasteiger partial charge on any atom is -0.444 e. The molecule has 2 aliphatic rings. The van der Waals surface area contributed by atoms with Crippen molar-refractivity contribution in [2.75, 3.05) is 0 Å². The van der Waals surface area contributed by atoms with E-state index in [0.29, 0.717) is 0 Å². The molecule has 2 atom stereocenters. The average Bonchev–Trinajstić information content (AvgIpc) is 2.68. The molecule has 2 aliphatic heterocycles. The molecule has 0 saturated carbocycles. The standard InChI is InChI=1S/C20H27NO2/c1-13-6-9-18(14(2)10-13)15-11-16-7-8-17(12-15)21(16)19(22)23-20(3,4)5/h6,9-11,16-17H,7-8,12H2,1-5H3. The largest absolute Gasteiger partial charge is 0.444 e. The maximum absolute atomic E-state index is 12.5. The van der Waals surface area contributed by atoms with Crippen LogP contribution in [0, 0.1) is 13.8 Å². The summed E-state index contributed by atoms with van der Waals surface area (Å²) in [5.74, 6) is 0. The lowest BCUT2D eigenvalue weighted by Gasteiger charge is -2.35. The lowest BCUT2D eigenvalue weighted by Crippen LogP contribution is -2.45. The number of benzene rings is 1. The average molecular weight is 313 g/mol. The van der Waals surface area contributed by atoms with Gasteiger partial charge < -0.3 is 4.74 Å². The van der Waals surface area contributed by atoms with Crippen LogP contribution < -0.4 is 0 Å². The van der Waals surface area contributed by atoms with E-state index in [2.05, 4.69) is 38.1 Å². The van der Waals surface area contributed by atoms with E-state index >= 15 is 0 Å². The van der Waals surface area contributed by atoms with Crippen molar-refractivity contribution in [2.24, 2.45) is 0 Å². The van der Waals surface area contributed by atoms with Crippen molar-refractivity contribution in [1.82, 2.24) is 4.90 Å². The topological polar surface area (TPSA) is 29.5 Å². The second kappa shape index (κ2) is 5.70. The summed E-state index contributed by atoms with van der Waals surface area (Å²) in [6, 6.07) is 7.08. The maximum atomic E-state index is 12.5. The van der Waals surface area contributed by atoms with Gasteiger partial charge in [0.15, 0.2) is 0 Å². The van der Waals surface area contributed by atoms with Gasteiger partial charge in [-0.25, -0.2) is 4.79 Å². The summed E-state index contributed by atoms with van der Waals surface area (Å²) < 4.78 is 5.60. The molecule has 2 bridgehead atoms. The molecule has 3 rings (SSSR count). The van der Waals surface area contributed by atoms with Crippen molar-refractivity contribution in [3.63, 3.8) is 0 Å². The highest BCUT2D eigenvalue weighted by atomic mass is 16.6. The van der Waals surface area contributed by atoms with Crippen LogP contribution in [0.3, 0.4) is 0 Å². The van der Waals surface area contributed by atoms with E-state index in [1.54, 1.807) is 0 Å². The van der Waals surface area contributed by atoms with E-state index in [0.717, 1.165) is 19.3 Å². The molecule has 1 saturated heterocycles. The van der Waals surface area contributed by atoms with E-state index in [9.17, 15) is 4.79 Å². The summed E-state index contributed by atoms with van der Waals surface area (Å²) in [6.07, 6.45) is 5.15.